The first-order valence-corrected chi connectivity index (χ1v) is 2.38. The van der Waals surface area contributed by atoms with Gasteiger partial charge in [-0.2, -0.15) is 0 Å². The quantitative estimate of drug-likeness (QED) is 0.549. The Kier molecular flexibility index (Phi) is 13.9. The molecular formula is C5H14O4. The van der Waals surface area contributed by atoms with Crippen LogP contribution in [-0.4, -0.2) is 40.0 Å². The average molecular weight is 138 g/mol. The van der Waals surface area contributed by atoms with Crippen LogP contribution >= 0.6 is 0 Å². The molecule has 4 heteroatoms. The fourth-order valence-electron chi connectivity index (χ4n) is 0.289. The van der Waals surface area contributed by atoms with Gasteiger partial charge in [-0.05, 0) is 0 Å². The van der Waals surface area contributed by atoms with E-state index in [1.165, 1.54) is 21.3 Å². The van der Waals surface area contributed by atoms with Crippen LogP contribution in [0.5, 0.6) is 0 Å². The van der Waals surface area contributed by atoms with E-state index in [-0.39, 0.29) is 0 Å². The maximum Gasteiger partial charge on any atom is 0.270 e. The lowest BCUT2D eigenvalue weighted by Gasteiger charge is -2.08. The van der Waals surface area contributed by atoms with Crippen LogP contribution in [0.4, 0.5) is 0 Å². The fourth-order valence-corrected chi connectivity index (χ4v) is 0.289. The highest BCUT2D eigenvalue weighted by Gasteiger charge is 1.96. The zero-order valence-electron chi connectivity index (χ0n) is 6.25. The molecule has 0 aliphatic carbocycles. The lowest BCUT2D eigenvalue weighted by molar-refractivity contribution is -0.252. The zero-order valence-corrected chi connectivity index (χ0v) is 6.25. The summed E-state index contributed by atoms with van der Waals surface area (Å²) in [4.78, 5) is 0. The van der Waals surface area contributed by atoms with Crippen LogP contribution < -0.4 is 0 Å². The SMILES string of the molecule is CO.COC(OC)OC. The largest absolute Gasteiger partial charge is 0.400 e. The predicted octanol–water partition coefficient (Wildman–Crippen LogP) is -0.182. The number of aliphatic hydroxyl groups is 1. The average Bonchev–Trinajstić information content (AvgIpc) is 1.96. The molecule has 0 aromatic carbocycles. The topological polar surface area (TPSA) is 47.9 Å². The Morgan fingerprint density at radius 1 is 0.889 bits per heavy atom. The maximum absolute atomic E-state index is 7.00. The first-order valence-electron chi connectivity index (χ1n) is 2.38. The van der Waals surface area contributed by atoms with E-state index >= 15 is 0 Å². The number of rotatable bonds is 3. The molecule has 0 atom stereocenters. The molecule has 0 saturated heterocycles. The summed E-state index contributed by atoms with van der Waals surface area (Å²) in [6.45, 7) is -0.514. The van der Waals surface area contributed by atoms with Crippen LogP contribution in [0.2, 0.25) is 0 Å². The van der Waals surface area contributed by atoms with Gasteiger partial charge in [-0.3, -0.25) is 0 Å². The minimum atomic E-state index is -0.514. The van der Waals surface area contributed by atoms with Crippen LogP contribution in [0.25, 0.3) is 0 Å². The van der Waals surface area contributed by atoms with Crippen molar-refractivity contribution in [1.29, 1.82) is 0 Å². The van der Waals surface area contributed by atoms with Crippen LogP contribution in [0.3, 0.4) is 0 Å². The van der Waals surface area contributed by atoms with E-state index in [9.17, 15) is 0 Å². The molecule has 0 saturated carbocycles. The molecule has 0 aliphatic rings. The number of aliphatic hydroxyl groups excluding tert-OH is 1. The first-order chi connectivity index (χ1) is 4.35. The van der Waals surface area contributed by atoms with Gasteiger partial charge in [0.25, 0.3) is 6.48 Å². The normalized spacial score (nSPS) is 8.67. The Hall–Kier alpha value is -0.160. The van der Waals surface area contributed by atoms with Crippen molar-refractivity contribution in [1.82, 2.24) is 0 Å². The lowest BCUT2D eigenvalue weighted by atomic mass is 11.2. The number of ether oxygens (including phenoxy) is 3. The Morgan fingerprint density at radius 3 is 1.11 bits per heavy atom. The molecule has 0 rings (SSSR count). The third kappa shape index (κ3) is 7.84. The molecule has 0 aliphatic heterocycles. The zero-order chi connectivity index (χ0) is 7.70. The van der Waals surface area contributed by atoms with E-state index in [0.29, 0.717) is 0 Å². The minimum Gasteiger partial charge on any atom is -0.400 e. The highest BCUT2D eigenvalue weighted by atomic mass is 16.8. The summed E-state index contributed by atoms with van der Waals surface area (Å²) >= 11 is 0. The summed E-state index contributed by atoms with van der Waals surface area (Å²) in [6, 6.07) is 0. The maximum atomic E-state index is 7.00. The van der Waals surface area contributed by atoms with E-state index < -0.39 is 6.48 Å². The Morgan fingerprint density at radius 2 is 1.11 bits per heavy atom. The van der Waals surface area contributed by atoms with Gasteiger partial charge in [0.05, 0.1) is 0 Å². The molecule has 0 spiro atoms. The summed E-state index contributed by atoms with van der Waals surface area (Å²) in [7, 11) is 5.53. The molecule has 0 heterocycles. The van der Waals surface area contributed by atoms with Crippen molar-refractivity contribution in [2.24, 2.45) is 0 Å². The highest BCUT2D eigenvalue weighted by Crippen LogP contribution is 1.87. The van der Waals surface area contributed by atoms with Gasteiger partial charge in [0.1, 0.15) is 0 Å². The molecule has 0 radical (unpaired) electrons. The minimum absolute atomic E-state index is 0.514. The van der Waals surface area contributed by atoms with E-state index in [2.05, 4.69) is 14.2 Å². The molecule has 0 fully saturated rings. The van der Waals surface area contributed by atoms with Gasteiger partial charge in [-0.1, -0.05) is 0 Å². The molecule has 0 aromatic heterocycles. The van der Waals surface area contributed by atoms with Crippen molar-refractivity contribution in [2.75, 3.05) is 28.4 Å². The monoisotopic (exact) mass is 138 g/mol. The second kappa shape index (κ2) is 10.8. The summed E-state index contributed by atoms with van der Waals surface area (Å²) in [5, 5.41) is 7.00. The summed E-state index contributed by atoms with van der Waals surface area (Å²) in [5.74, 6) is 0. The van der Waals surface area contributed by atoms with Gasteiger partial charge in [0.15, 0.2) is 0 Å². The number of methoxy groups -OCH3 is 3. The van der Waals surface area contributed by atoms with Gasteiger partial charge in [-0.15, -0.1) is 0 Å². The lowest BCUT2D eigenvalue weighted by Crippen LogP contribution is -2.14. The van der Waals surface area contributed by atoms with E-state index in [0.717, 1.165) is 7.11 Å². The van der Waals surface area contributed by atoms with Gasteiger partial charge in [0, 0.05) is 28.4 Å². The molecule has 4 nitrogen and oxygen atoms in total. The smallest absolute Gasteiger partial charge is 0.270 e. The van der Waals surface area contributed by atoms with Crippen molar-refractivity contribution >= 4 is 0 Å². The number of hydrogen-bond donors (Lipinski definition) is 1. The molecule has 1 N–H and O–H groups in total. The van der Waals surface area contributed by atoms with Crippen molar-refractivity contribution in [2.45, 2.75) is 6.48 Å². The standard InChI is InChI=1S/C4H10O3.CH4O/c1-5-4(6-2)7-3;1-2/h4H,1-3H3;2H,1H3. The third-order valence-electron chi connectivity index (χ3n) is 0.577. The highest BCUT2D eigenvalue weighted by molar-refractivity contribution is 4.08. The summed E-state index contributed by atoms with van der Waals surface area (Å²) < 4.78 is 13.8. The Labute approximate surface area is 55.3 Å². The molecule has 9 heavy (non-hydrogen) atoms. The number of hydrogen-bond acceptors (Lipinski definition) is 4. The molecule has 0 bridgehead atoms. The first kappa shape index (κ1) is 11.6. The van der Waals surface area contributed by atoms with Crippen LogP contribution in [0, 0.1) is 0 Å². The van der Waals surface area contributed by atoms with Crippen LogP contribution in [0.15, 0.2) is 0 Å². The van der Waals surface area contributed by atoms with Crippen molar-refractivity contribution in [3.63, 3.8) is 0 Å². The van der Waals surface area contributed by atoms with Crippen LogP contribution in [0.1, 0.15) is 0 Å². The van der Waals surface area contributed by atoms with E-state index in [4.69, 9.17) is 5.11 Å². The third-order valence-corrected chi connectivity index (χ3v) is 0.577. The van der Waals surface area contributed by atoms with Crippen molar-refractivity contribution in [3.05, 3.63) is 0 Å². The van der Waals surface area contributed by atoms with Gasteiger partial charge < -0.3 is 19.3 Å². The van der Waals surface area contributed by atoms with E-state index in [1.807, 2.05) is 0 Å². The molecule has 0 aromatic rings. The second-order valence-electron chi connectivity index (χ2n) is 0.996. The van der Waals surface area contributed by atoms with Crippen molar-refractivity contribution in [3.8, 4) is 0 Å². The summed E-state index contributed by atoms with van der Waals surface area (Å²) in [6.07, 6.45) is 0. The second-order valence-corrected chi connectivity index (χ2v) is 0.996. The Bertz CT molecular complexity index is 30.4. The van der Waals surface area contributed by atoms with Gasteiger partial charge in [0.2, 0.25) is 0 Å². The molecule has 0 amide bonds. The predicted molar refractivity (Wildman–Crippen MR) is 33.0 cm³/mol. The van der Waals surface area contributed by atoms with Crippen molar-refractivity contribution < 1.29 is 19.3 Å². The van der Waals surface area contributed by atoms with E-state index in [1.54, 1.807) is 0 Å². The van der Waals surface area contributed by atoms with Gasteiger partial charge in [-0.25, -0.2) is 0 Å². The van der Waals surface area contributed by atoms with Gasteiger partial charge >= 0.3 is 0 Å². The molecule has 58 valence electrons. The molecule has 0 unspecified atom stereocenters. The summed E-state index contributed by atoms with van der Waals surface area (Å²) in [5.41, 5.74) is 0. The Balaban J connectivity index is 0. The molecular weight excluding hydrogens is 124 g/mol. The van der Waals surface area contributed by atoms with Crippen LogP contribution in [-0.2, 0) is 14.2 Å². The fraction of sp³-hybridized carbons (Fsp3) is 1.00.